The van der Waals surface area contributed by atoms with Crippen molar-refractivity contribution in [3.8, 4) is 0 Å². The topological polar surface area (TPSA) is 78.5 Å². The van der Waals surface area contributed by atoms with E-state index in [1.807, 2.05) is 0 Å². The fourth-order valence-corrected chi connectivity index (χ4v) is 5.28. The first-order valence-electron chi connectivity index (χ1n) is 9.95. The lowest BCUT2D eigenvalue weighted by atomic mass is 10.0. The average molecular weight is 452 g/mol. The number of hydrogen-bond acceptors (Lipinski definition) is 4. The van der Waals surface area contributed by atoms with Gasteiger partial charge in [-0.2, -0.15) is 0 Å². The van der Waals surface area contributed by atoms with Gasteiger partial charge in [-0.15, -0.1) is 0 Å². The third-order valence-electron chi connectivity index (χ3n) is 5.51. The lowest BCUT2D eigenvalue weighted by Gasteiger charge is -2.32. The fraction of sp³-hybridized carbons (Fsp3) is 0.381. The van der Waals surface area contributed by atoms with Crippen molar-refractivity contribution in [3.05, 3.63) is 58.9 Å². The van der Waals surface area contributed by atoms with E-state index in [1.165, 1.54) is 43.2 Å². The number of piperidine rings is 1. The fourth-order valence-electron chi connectivity index (χ4n) is 3.70. The van der Waals surface area contributed by atoms with E-state index in [1.54, 1.807) is 0 Å². The van der Waals surface area contributed by atoms with Gasteiger partial charge in [0.05, 0.1) is 5.02 Å². The summed E-state index contributed by atoms with van der Waals surface area (Å²) in [7, 11) is -4.05. The van der Waals surface area contributed by atoms with E-state index >= 15 is 0 Å². The molecule has 0 aromatic heterocycles. The minimum atomic E-state index is -4.05. The molecule has 160 valence electrons. The summed E-state index contributed by atoms with van der Waals surface area (Å²) in [6.07, 6.45) is 4.30. The molecule has 4 rings (SSSR count). The molecule has 1 saturated heterocycles. The summed E-state index contributed by atoms with van der Waals surface area (Å²) in [5.74, 6) is -0.799. The summed E-state index contributed by atoms with van der Waals surface area (Å²) in [4.78, 5) is 15.0. The van der Waals surface area contributed by atoms with E-state index in [-0.39, 0.29) is 33.1 Å². The second kappa shape index (κ2) is 8.53. The molecule has 1 amide bonds. The van der Waals surface area contributed by atoms with E-state index in [0.717, 1.165) is 44.1 Å². The highest BCUT2D eigenvalue weighted by atomic mass is 35.5. The van der Waals surface area contributed by atoms with Gasteiger partial charge >= 0.3 is 0 Å². The summed E-state index contributed by atoms with van der Waals surface area (Å²) in [5, 5.41) is 3.00. The summed E-state index contributed by atoms with van der Waals surface area (Å²) in [5.41, 5.74) is 0.424. The Morgan fingerprint density at radius 3 is 2.33 bits per heavy atom. The Morgan fingerprint density at radius 2 is 1.70 bits per heavy atom. The van der Waals surface area contributed by atoms with Gasteiger partial charge < -0.3 is 10.2 Å². The Kier molecular flexibility index (Phi) is 5.99. The maximum Gasteiger partial charge on any atom is 0.263 e. The average Bonchev–Trinajstić information content (AvgIpc) is 3.56. The molecule has 2 N–H and O–H groups in total. The van der Waals surface area contributed by atoms with Gasteiger partial charge in [0.15, 0.2) is 0 Å². The smallest absolute Gasteiger partial charge is 0.263 e. The zero-order valence-corrected chi connectivity index (χ0v) is 17.8. The normalized spacial score (nSPS) is 18.2. The van der Waals surface area contributed by atoms with Crippen LogP contribution in [0.2, 0.25) is 5.02 Å². The Bertz CT molecular complexity index is 1030. The van der Waals surface area contributed by atoms with Crippen LogP contribution in [0.3, 0.4) is 0 Å². The number of nitrogens with one attached hydrogen (secondary N) is 2. The molecule has 9 heteroatoms. The van der Waals surface area contributed by atoms with Crippen molar-refractivity contribution < 1.29 is 17.6 Å². The monoisotopic (exact) mass is 451 g/mol. The lowest BCUT2D eigenvalue weighted by Crippen LogP contribution is -2.45. The molecular formula is C21H23ClFN3O3S. The van der Waals surface area contributed by atoms with Gasteiger partial charge in [0.25, 0.3) is 15.9 Å². The number of sulfonamides is 1. The predicted octanol–water partition coefficient (Wildman–Crippen LogP) is 3.64. The summed E-state index contributed by atoms with van der Waals surface area (Å²) >= 11 is 6.10. The first-order chi connectivity index (χ1) is 14.3. The Hall–Kier alpha value is -2.16. The van der Waals surface area contributed by atoms with Crippen molar-refractivity contribution in [1.82, 2.24) is 10.2 Å². The van der Waals surface area contributed by atoms with Crippen LogP contribution >= 0.6 is 11.6 Å². The molecule has 0 radical (unpaired) electrons. The molecule has 0 atom stereocenters. The van der Waals surface area contributed by atoms with Crippen LogP contribution in [0.1, 0.15) is 36.0 Å². The van der Waals surface area contributed by atoms with Crippen LogP contribution in [0.5, 0.6) is 0 Å². The van der Waals surface area contributed by atoms with Gasteiger partial charge in [0, 0.05) is 36.4 Å². The maximum atomic E-state index is 13.1. The largest absolute Gasteiger partial charge is 0.349 e. The molecule has 1 saturated carbocycles. The minimum Gasteiger partial charge on any atom is -0.349 e. The molecule has 1 aliphatic heterocycles. The van der Waals surface area contributed by atoms with E-state index in [0.29, 0.717) is 0 Å². The van der Waals surface area contributed by atoms with Crippen LogP contribution in [0, 0.1) is 5.82 Å². The van der Waals surface area contributed by atoms with Crippen molar-refractivity contribution in [3.63, 3.8) is 0 Å². The molecule has 1 heterocycles. The van der Waals surface area contributed by atoms with Crippen LogP contribution in [-0.4, -0.2) is 44.4 Å². The van der Waals surface area contributed by atoms with Crippen LogP contribution < -0.4 is 10.0 Å². The summed E-state index contributed by atoms with van der Waals surface area (Å²) < 4.78 is 40.9. The first kappa shape index (κ1) is 21.1. The Labute approximate surface area is 180 Å². The van der Waals surface area contributed by atoms with Gasteiger partial charge in [0.2, 0.25) is 0 Å². The van der Waals surface area contributed by atoms with Crippen molar-refractivity contribution in [2.24, 2.45) is 0 Å². The minimum absolute atomic E-state index is 0.00102. The number of benzene rings is 2. The number of halogens is 2. The molecule has 2 aliphatic rings. The first-order valence-corrected chi connectivity index (χ1v) is 11.8. The van der Waals surface area contributed by atoms with E-state index < -0.39 is 15.8 Å². The molecule has 2 aromatic carbocycles. The quantitative estimate of drug-likeness (QED) is 0.702. The van der Waals surface area contributed by atoms with Crippen molar-refractivity contribution in [2.75, 3.05) is 17.8 Å². The highest BCUT2D eigenvalue weighted by molar-refractivity contribution is 7.92. The van der Waals surface area contributed by atoms with Gasteiger partial charge in [-0.25, -0.2) is 12.8 Å². The molecule has 30 heavy (non-hydrogen) atoms. The zero-order chi connectivity index (χ0) is 21.3. The third-order valence-corrected chi connectivity index (χ3v) is 7.37. The molecule has 2 fully saturated rings. The van der Waals surface area contributed by atoms with Crippen molar-refractivity contribution >= 4 is 33.2 Å². The zero-order valence-electron chi connectivity index (χ0n) is 16.3. The van der Waals surface area contributed by atoms with Crippen LogP contribution in [0.25, 0.3) is 0 Å². The van der Waals surface area contributed by atoms with Crippen molar-refractivity contribution in [2.45, 2.75) is 42.7 Å². The summed E-state index contributed by atoms with van der Waals surface area (Å²) in [6, 6.07) is 9.88. The predicted molar refractivity (Wildman–Crippen MR) is 114 cm³/mol. The molecule has 0 unspecified atom stereocenters. The van der Waals surface area contributed by atoms with Crippen molar-refractivity contribution in [1.29, 1.82) is 0 Å². The van der Waals surface area contributed by atoms with E-state index in [2.05, 4.69) is 14.9 Å². The highest BCUT2D eigenvalue weighted by Gasteiger charge is 2.32. The second-order valence-corrected chi connectivity index (χ2v) is 9.83. The number of amides is 1. The number of likely N-dealkylation sites (tertiary alicyclic amines) is 1. The van der Waals surface area contributed by atoms with E-state index in [4.69, 9.17) is 11.6 Å². The third kappa shape index (κ3) is 4.94. The number of carbonyl (C=O) groups excluding carboxylic acids is 1. The molecule has 0 spiro atoms. The molecule has 0 bridgehead atoms. The molecule has 2 aromatic rings. The van der Waals surface area contributed by atoms with Crippen LogP contribution in [0.4, 0.5) is 10.1 Å². The molecule has 1 aliphatic carbocycles. The number of nitrogens with zero attached hydrogens (tertiary/aromatic N) is 1. The summed E-state index contributed by atoms with van der Waals surface area (Å²) in [6.45, 7) is 1.94. The van der Waals surface area contributed by atoms with Gasteiger partial charge in [-0.3, -0.25) is 9.52 Å². The number of hydrogen-bond donors (Lipinski definition) is 2. The van der Waals surface area contributed by atoms with Gasteiger partial charge in [-0.1, -0.05) is 11.6 Å². The van der Waals surface area contributed by atoms with E-state index in [9.17, 15) is 17.6 Å². The van der Waals surface area contributed by atoms with Gasteiger partial charge in [0.1, 0.15) is 10.7 Å². The Balaban J connectivity index is 1.45. The van der Waals surface area contributed by atoms with Gasteiger partial charge in [-0.05, 0) is 68.1 Å². The number of anilines is 1. The number of rotatable bonds is 6. The standard InChI is InChI=1S/C21H23ClFN3O3S/c22-19-8-1-14(21(27)24-16-9-11-26(12-10-16)18-6-7-18)13-20(19)30(28,29)25-17-4-2-15(23)3-5-17/h1-5,8,13,16,18,25H,6-7,9-12H2,(H,24,27). The molecule has 6 nitrogen and oxygen atoms in total. The van der Waals surface area contributed by atoms with Crippen LogP contribution in [-0.2, 0) is 10.0 Å². The second-order valence-electron chi connectivity index (χ2n) is 7.77. The maximum absolute atomic E-state index is 13.1. The molecular weight excluding hydrogens is 429 g/mol. The SMILES string of the molecule is O=C(NC1CCN(C2CC2)CC1)c1ccc(Cl)c(S(=O)(=O)Nc2ccc(F)cc2)c1. The number of carbonyl (C=O) groups is 1. The van der Waals surface area contributed by atoms with Crippen LogP contribution in [0.15, 0.2) is 47.4 Å². The Morgan fingerprint density at radius 1 is 1.03 bits per heavy atom. The lowest BCUT2D eigenvalue weighted by molar-refractivity contribution is 0.0909. The highest BCUT2D eigenvalue weighted by Crippen LogP contribution is 2.29.